The van der Waals surface area contributed by atoms with Crippen LogP contribution >= 0.6 is 0 Å². The van der Waals surface area contributed by atoms with Crippen LogP contribution in [-0.2, 0) is 4.43 Å². The highest BCUT2D eigenvalue weighted by molar-refractivity contribution is 6.73. The lowest BCUT2D eigenvalue weighted by Gasteiger charge is -2.28. The fourth-order valence-electron chi connectivity index (χ4n) is 1.84. The zero-order valence-corrected chi connectivity index (χ0v) is 11.7. The summed E-state index contributed by atoms with van der Waals surface area (Å²) < 4.78 is 6.17. The topological polar surface area (TPSA) is 9.23 Å². The van der Waals surface area contributed by atoms with Crippen LogP contribution < -0.4 is 0 Å². The number of rotatable bonds is 8. The minimum atomic E-state index is -1.29. The molecule has 0 spiro atoms. The Bertz CT molecular complexity index is 122. The van der Waals surface area contributed by atoms with Crippen LogP contribution in [0.1, 0.15) is 47.5 Å². The third-order valence-electron chi connectivity index (χ3n) is 3.27. The maximum Gasteiger partial charge on any atom is 0.191 e. The summed E-state index contributed by atoms with van der Waals surface area (Å²) >= 11 is 0. The van der Waals surface area contributed by atoms with Crippen molar-refractivity contribution < 1.29 is 4.43 Å². The van der Waals surface area contributed by atoms with Gasteiger partial charge in [-0.15, -0.1) is 0 Å². The van der Waals surface area contributed by atoms with Gasteiger partial charge in [0.05, 0.1) is 0 Å². The lowest BCUT2D eigenvalue weighted by Crippen LogP contribution is -2.36. The lowest BCUT2D eigenvalue weighted by molar-refractivity contribution is 0.281. The second-order valence-corrected chi connectivity index (χ2v) is 9.40. The summed E-state index contributed by atoms with van der Waals surface area (Å²) in [6.07, 6.45) is 2.55. The lowest BCUT2D eigenvalue weighted by atomic mass is 10.1. The first-order valence-corrected chi connectivity index (χ1v) is 8.77. The zero-order chi connectivity index (χ0) is 11.0. The molecule has 0 aromatic heterocycles. The van der Waals surface area contributed by atoms with Gasteiger partial charge in [0.15, 0.2) is 8.32 Å². The molecule has 0 N–H and O–H groups in total. The molecule has 0 aromatic carbocycles. The van der Waals surface area contributed by atoms with Gasteiger partial charge in [-0.25, -0.2) is 0 Å². The van der Waals surface area contributed by atoms with Gasteiger partial charge in [0.1, 0.15) is 0 Å². The first-order valence-electron chi connectivity index (χ1n) is 6.24. The van der Waals surface area contributed by atoms with Crippen molar-refractivity contribution in [2.45, 2.75) is 65.6 Å². The van der Waals surface area contributed by atoms with Gasteiger partial charge in [0, 0.05) is 6.61 Å². The largest absolute Gasteiger partial charge is 0.417 e. The minimum Gasteiger partial charge on any atom is -0.417 e. The molecule has 2 heteroatoms. The van der Waals surface area contributed by atoms with E-state index in [1.807, 2.05) is 0 Å². The molecule has 0 saturated heterocycles. The molecule has 0 aliphatic rings. The molecule has 0 amide bonds. The average Bonchev–Trinajstić information content (AvgIpc) is 2.19. The van der Waals surface area contributed by atoms with Crippen LogP contribution in [-0.4, -0.2) is 14.9 Å². The van der Waals surface area contributed by atoms with Gasteiger partial charge in [-0.2, -0.15) is 0 Å². The first-order chi connectivity index (χ1) is 6.60. The second-order valence-electron chi connectivity index (χ2n) is 4.63. The molecule has 1 nitrogen and oxygen atoms in total. The van der Waals surface area contributed by atoms with Crippen molar-refractivity contribution in [2.24, 2.45) is 5.92 Å². The van der Waals surface area contributed by atoms with Gasteiger partial charge in [0.25, 0.3) is 0 Å². The van der Waals surface area contributed by atoms with Gasteiger partial charge < -0.3 is 4.43 Å². The summed E-state index contributed by atoms with van der Waals surface area (Å²) in [6.45, 7) is 12.4. The van der Waals surface area contributed by atoms with E-state index >= 15 is 0 Å². The monoisotopic (exact) mass is 216 g/mol. The van der Waals surface area contributed by atoms with Crippen molar-refractivity contribution in [3.05, 3.63) is 0 Å². The second kappa shape index (κ2) is 7.47. The third-order valence-corrected chi connectivity index (χ3v) is 7.95. The highest BCUT2D eigenvalue weighted by Gasteiger charge is 2.28. The van der Waals surface area contributed by atoms with Crippen molar-refractivity contribution in [3.63, 3.8) is 0 Å². The molecule has 14 heavy (non-hydrogen) atoms. The summed E-state index contributed by atoms with van der Waals surface area (Å²) in [6, 6.07) is 3.84. The Morgan fingerprint density at radius 1 is 1.00 bits per heavy atom. The van der Waals surface area contributed by atoms with Gasteiger partial charge in [-0.1, -0.05) is 34.6 Å². The van der Waals surface area contributed by atoms with E-state index in [2.05, 4.69) is 34.6 Å². The molecule has 0 bridgehead atoms. The first kappa shape index (κ1) is 14.2. The molecule has 0 unspecified atom stereocenters. The standard InChI is InChI=1S/C12H28OSi/c1-6-14(7-2,8-3)13-11-9-10-12(4)5/h12H,6-11H2,1-5H3. The Morgan fingerprint density at radius 2 is 1.50 bits per heavy atom. The third kappa shape index (κ3) is 5.16. The number of hydrogen-bond donors (Lipinski definition) is 0. The summed E-state index contributed by atoms with van der Waals surface area (Å²) in [4.78, 5) is 0. The Hall–Kier alpha value is 0.177. The van der Waals surface area contributed by atoms with Crippen LogP contribution in [0, 0.1) is 5.92 Å². The quantitative estimate of drug-likeness (QED) is 0.430. The molecule has 0 rings (SSSR count). The smallest absolute Gasteiger partial charge is 0.191 e. The van der Waals surface area contributed by atoms with Crippen molar-refractivity contribution >= 4 is 8.32 Å². The Labute approximate surface area is 91.4 Å². The fraction of sp³-hybridized carbons (Fsp3) is 1.00. The van der Waals surface area contributed by atoms with E-state index in [1.54, 1.807) is 0 Å². The Morgan fingerprint density at radius 3 is 1.86 bits per heavy atom. The normalized spacial score (nSPS) is 12.4. The van der Waals surface area contributed by atoms with Crippen LogP contribution in [0.15, 0.2) is 0 Å². The molecule has 0 atom stereocenters. The molecule has 0 aliphatic carbocycles. The van der Waals surface area contributed by atoms with Gasteiger partial charge in [-0.3, -0.25) is 0 Å². The summed E-state index contributed by atoms with van der Waals surface area (Å²) in [5.74, 6) is 0.819. The fourth-order valence-corrected chi connectivity index (χ4v) is 4.53. The maximum atomic E-state index is 6.17. The van der Waals surface area contributed by atoms with Crippen molar-refractivity contribution in [1.82, 2.24) is 0 Å². The summed E-state index contributed by atoms with van der Waals surface area (Å²) in [5.41, 5.74) is 0. The van der Waals surface area contributed by atoms with Crippen molar-refractivity contribution in [3.8, 4) is 0 Å². The van der Waals surface area contributed by atoms with E-state index in [0.717, 1.165) is 12.5 Å². The van der Waals surface area contributed by atoms with Gasteiger partial charge >= 0.3 is 0 Å². The predicted octanol–water partition coefficient (Wildman–Crippen LogP) is 4.44. The van der Waals surface area contributed by atoms with Crippen LogP contribution in [0.4, 0.5) is 0 Å². The molecular weight excluding hydrogens is 188 g/mol. The van der Waals surface area contributed by atoms with Crippen LogP contribution in [0.2, 0.25) is 18.1 Å². The summed E-state index contributed by atoms with van der Waals surface area (Å²) in [5, 5.41) is 0. The highest BCUT2D eigenvalue weighted by atomic mass is 28.4. The van der Waals surface area contributed by atoms with E-state index < -0.39 is 8.32 Å². The van der Waals surface area contributed by atoms with Crippen LogP contribution in [0.5, 0.6) is 0 Å². The molecule has 0 aromatic rings. The minimum absolute atomic E-state index is 0.819. The molecule has 0 aliphatic heterocycles. The summed E-state index contributed by atoms with van der Waals surface area (Å²) in [7, 11) is -1.29. The van der Waals surface area contributed by atoms with Crippen LogP contribution in [0.3, 0.4) is 0 Å². The maximum absolute atomic E-state index is 6.17. The SMILES string of the molecule is CC[Si](CC)(CC)OCCCC(C)C. The average molecular weight is 216 g/mol. The predicted molar refractivity (Wildman–Crippen MR) is 67.2 cm³/mol. The Kier molecular flexibility index (Phi) is 7.56. The highest BCUT2D eigenvalue weighted by Crippen LogP contribution is 2.22. The van der Waals surface area contributed by atoms with E-state index in [9.17, 15) is 0 Å². The van der Waals surface area contributed by atoms with Crippen molar-refractivity contribution in [2.75, 3.05) is 6.61 Å². The number of hydrogen-bond acceptors (Lipinski definition) is 1. The van der Waals surface area contributed by atoms with Crippen molar-refractivity contribution in [1.29, 1.82) is 0 Å². The Balaban J connectivity index is 3.71. The molecule has 0 radical (unpaired) electrons. The van der Waals surface area contributed by atoms with Gasteiger partial charge in [0.2, 0.25) is 0 Å². The van der Waals surface area contributed by atoms with Crippen LogP contribution in [0.25, 0.3) is 0 Å². The molecule has 0 saturated carbocycles. The molecule has 86 valence electrons. The van der Waals surface area contributed by atoms with E-state index in [0.29, 0.717) is 0 Å². The molecule has 0 heterocycles. The van der Waals surface area contributed by atoms with E-state index in [1.165, 1.54) is 31.0 Å². The van der Waals surface area contributed by atoms with E-state index in [-0.39, 0.29) is 0 Å². The zero-order valence-electron chi connectivity index (χ0n) is 10.7. The molecule has 0 fully saturated rings. The van der Waals surface area contributed by atoms with E-state index in [4.69, 9.17) is 4.43 Å². The van der Waals surface area contributed by atoms with Gasteiger partial charge in [-0.05, 0) is 36.9 Å². The molecular formula is C12H28OSi.